The molecule has 0 saturated heterocycles. The Bertz CT molecular complexity index is 474. The zero-order valence-corrected chi connectivity index (χ0v) is 8.45. The van der Waals surface area contributed by atoms with E-state index < -0.39 is 0 Å². The molecule has 0 unspecified atom stereocenters. The van der Waals surface area contributed by atoms with Gasteiger partial charge in [0.1, 0.15) is 0 Å². The fourth-order valence-electron chi connectivity index (χ4n) is 2.02. The van der Waals surface area contributed by atoms with Gasteiger partial charge in [0.25, 0.3) is 0 Å². The molecule has 74 valence electrons. The minimum absolute atomic E-state index is 0.148. The van der Waals surface area contributed by atoms with Gasteiger partial charge in [-0.15, -0.1) is 0 Å². The Morgan fingerprint density at radius 2 is 1.60 bits per heavy atom. The molecule has 2 N–H and O–H groups in total. The summed E-state index contributed by atoms with van der Waals surface area (Å²) in [6.45, 7) is 0. The molecule has 1 aliphatic heterocycles. The summed E-state index contributed by atoms with van der Waals surface area (Å²) >= 11 is 0. The van der Waals surface area contributed by atoms with Crippen molar-refractivity contribution in [3.05, 3.63) is 36.4 Å². The maximum atomic E-state index is 5.26. The molecule has 0 aromatic heterocycles. The maximum Gasteiger partial charge on any atom is 0.542 e. The lowest BCUT2D eigenvalue weighted by Crippen LogP contribution is -2.39. The Morgan fingerprint density at radius 3 is 2.13 bits per heavy atom. The monoisotopic (exact) mass is 198 g/mol. The number of nitrogens with one attached hydrogen (secondary N) is 2. The molecule has 15 heavy (non-hydrogen) atoms. The molecule has 0 fully saturated rings. The second-order valence-electron chi connectivity index (χ2n) is 3.61. The van der Waals surface area contributed by atoms with Gasteiger partial charge in [0.2, 0.25) is 0 Å². The largest absolute Gasteiger partial charge is 0.542 e. The van der Waals surface area contributed by atoms with Crippen LogP contribution in [0.15, 0.2) is 36.4 Å². The number of hydrogen-bond acceptors (Lipinski definition) is 3. The highest BCUT2D eigenvalue weighted by Gasteiger charge is 2.23. The van der Waals surface area contributed by atoms with Crippen molar-refractivity contribution in [1.29, 1.82) is 0 Å². The quantitative estimate of drug-likeness (QED) is 0.689. The molecule has 0 bridgehead atoms. The molecule has 3 rings (SSSR count). The number of rotatable bonds is 1. The molecular weight excluding hydrogens is 187 g/mol. The van der Waals surface area contributed by atoms with Crippen LogP contribution in [0.1, 0.15) is 0 Å². The Labute approximate surface area is 88.6 Å². The van der Waals surface area contributed by atoms with Gasteiger partial charge in [-0.2, -0.15) is 0 Å². The number of hydrogen-bond donors (Lipinski definition) is 2. The Kier molecular flexibility index (Phi) is 1.82. The van der Waals surface area contributed by atoms with E-state index in [1.807, 2.05) is 12.1 Å². The highest BCUT2D eigenvalue weighted by Crippen LogP contribution is 2.33. The molecule has 4 heteroatoms. The predicted octanol–water partition coefficient (Wildman–Crippen LogP) is 2.31. The van der Waals surface area contributed by atoms with Crippen LogP contribution in [0, 0.1) is 0 Å². The predicted molar refractivity (Wildman–Crippen MR) is 64.0 cm³/mol. The Morgan fingerprint density at radius 1 is 1.00 bits per heavy atom. The van der Waals surface area contributed by atoms with Gasteiger partial charge < -0.3 is 15.1 Å². The van der Waals surface area contributed by atoms with Crippen LogP contribution < -0.4 is 10.5 Å². The third kappa shape index (κ3) is 1.26. The lowest BCUT2D eigenvalue weighted by Gasteiger charge is -2.24. The van der Waals surface area contributed by atoms with Crippen molar-refractivity contribution in [3.63, 3.8) is 0 Å². The lowest BCUT2D eigenvalue weighted by atomic mass is 9.92. The average Bonchev–Trinajstić information content (AvgIpc) is 2.29. The van der Waals surface area contributed by atoms with E-state index in [0.29, 0.717) is 0 Å². The summed E-state index contributed by atoms with van der Waals surface area (Å²) in [6.07, 6.45) is 0. The van der Waals surface area contributed by atoms with E-state index in [1.165, 1.54) is 10.8 Å². The molecule has 3 nitrogen and oxygen atoms in total. The fourth-order valence-corrected chi connectivity index (χ4v) is 2.02. The van der Waals surface area contributed by atoms with Gasteiger partial charge in [0, 0.05) is 23.9 Å². The van der Waals surface area contributed by atoms with Crippen molar-refractivity contribution in [2.24, 2.45) is 0 Å². The molecule has 0 atom stereocenters. The molecule has 2 aromatic rings. The summed E-state index contributed by atoms with van der Waals surface area (Å²) in [5.74, 6) is 0. The van der Waals surface area contributed by atoms with Crippen LogP contribution in [0.25, 0.3) is 10.8 Å². The van der Waals surface area contributed by atoms with Gasteiger partial charge in [0.15, 0.2) is 0 Å². The van der Waals surface area contributed by atoms with Crippen molar-refractivity contribution in [2.45, 2.75) is 0 Å². The second-order valence-corrected chi connectivity index (χ2v) is 3.61. The van der Waals surface area contributed by atoms with E-state index in [1.54, 1.807) is 7.11 Å². The van der Waals surface area contributed by atoms with Gasteiger partial charge in [0.05, 0.1) is 0 Å². The summed E-state index contributed by atoms with van der Waals surface area (Å²) in [4.78, 5) is 0. The summed E-state index contributed by atoms with van der Waals surface area (Å²) < 4.78 is 5.26. The van der Waals surface area contributed by atoms with Crippen LogP contribution >= 0.6 is 0 Å². The topological polar surface area (TPSA) is 33.3 Å². The van der Waals surface area contributed by atoms with Crippen molar-refractivity contribution in [1.82, 2.24) is 0 Å². The first-order valence-electron chi connectivity index (χ1n) is 4.96. The summed E-state index contributed by atoms with van der Waals surface area (Å²) in [5.41, 5.74) is 2.24. The van der Waals surface area contributed by atoms with Crippen molar-refractivity contribution in [2.75, 3.05) is 17.6 Å². The third-order valence-corrected chi connectivity index (χ3v) is 2.71. The van der Waals surface area contributed by atoms with E-state index in [-0.39, 0.29) is 7.19 Å². The van der Waals surface area contributed by atoms with Crippen molar-refractivity contribution >= 4 is 29.3 Å². The van der Waals surface area contributed by atoms with E-state index >= 15 is 0 Å². The molecule has 1 aliphatic rings. The zero-order valence-electron chi connectivity index (χ0n) is 8.45. The molecule has 0 amide bonds. The molecule has 1 heterocycles. The smallest absolute Gasteiger partial charge is 0.401 e. The zero-order chi connectivity index (χ0) is 10.3. The number of anilines is 2. The SMILES string of the molecule is COB1Nc2cccc3cccc(c23)N1. The Balaban J connectivity index is 2.27. The van der Waals surface area contributed by atoms with Gasteiger partial charge in [-0.25, -0.2) is 0 Å². The van der Waals surface area contributed by atoms with E-state index in [4.69, 9.17) is 4.65 Å². The summed E-state index contributed by atoms with van der Waals surface area (Å²) in [6, 6.07) is 12.5. The van der Waals surface area contributed by atoms with Gasteiger partial charge in [-0.1, -0.05) is 24.3 Å². The van der Waals surface area contributed by atoms with Gasteiger partial charge >= 0.3 is 7.19 Å². The van der Waals surface area contributed by atoms with Gasteiger partial charge in [-0.05, 0) is 17.5 Å². The standard InChI is InChI=1S/C11H11BN2O/c1-15-12-13-9-6-2-4-8-5-3-7-10(14-12)11(8)9/h2-7,13-14H,1H3. The first-order chi connectivity index (χ1) is 7.38. The highest BCUT2D eigenvalue weighted by atomic mass is 16.4. The molecule has 0 radical (unpaired) electrons. The van der Waals surface area contributed by atoms with E-state index in [0.717, 1.165) is 11.4 Å². The first-order valence-corrected chi connectivity index (χ1v) is 4.96. The van der Waals surface area contributed by atoms with Crippen LogP contribution in [0.5, 0.6) is 0 Å². The van der Waals surface area contributed by atoms with Crippen LogP contribution in [0.4, 0.5) is 11.4 Å². The molecule has 2 aromatic carbocycles. The van der Waals surface area contributed by atoms with Crippen LogP contribution in [0.2, 0.25) is 0 Å². The molecule has 0 saturated carbocycles. The van der Waals surface area contributed by atoms with Crippen LogP contribution in [0.3, 0.4) is 0 Å². The average molecular weight is 198 g/mol. The minimum Gasteiger partial charge on any atom is -0.401 e. The van der Waals surface area contributed by atoms with Crippen LogP contribution in [-0.4, -0.2) is 14.3 Å². The van der Waals surface area contributed by atoms with Crippen molar-refractivity contribution in [3.8, 4) is 0 Å². The first kappa shape index (κ1) is 8.62. The normalized spacial score (nSPS) is 13.5. The third-order valence-electron chi connectivity index (χ3n) is 2.71. The molecule has 0 aliphatic carbocycles. The minimum atomic E-state index is -0.148. The Hall–Kier alpha value is -1.68. The molecule has 0 spiro atoms. The lowest BCUT2D eigenvalue weighted by molar-refractivity contribution is 0.429. The van der Waals surface area contributed by atoms with E-state index in [9.17, 15) is 0 Å². The highest BCUT2D eigenvalue weighted by molar-refractivity contribution is 6.62. The van der Waals surface area contributed by atoms with Crippen molar-refractivity contribution < 1.29 is 4.65 Å². The maximum absolute atomic E-state index is 5.26. The molecular formula is C11H11BN2O. The van der Waals surface area contributed by atoms with Gasteiger partial charge in [-0.3, -0.25) is 0 Å². The van der Waals surface area contributed by atoms with Crippen LogP contribution in [-0.2, 0) is 4.65 Å². The van der Waals surface area contributed by atoms with E-state index in [2.05, 4.69) is 34.7 Å². The summed E-state index contributed by atoms with van der Waals surface area (Å²) in [7, 11) is 1.53. The number of benzene rings is 2. The summed E-state index contributed by atoms with van der Waals surface area (Å²) in [5, 5.41) is 9.02. The fraction of sp³-hybridized carbons (Fsp3) is 0.0909. The second kappa shape index (κ2) is 3.17.